The van der Waals surface area contributed by atoms with Gasteiger partial charge >= 0.3 is 5.69 Å². The van der Waals surface area contributed by atoms with E-state index in [1.807, 2.05) is 0 Å². The second-order valence-electron chi connectivity index (χ2n) is 3.57. The normalized spacial score (nSPS) is 10.2. The van der Waals surface area contributed by atoms with Crippen LogP contribution in [-0.4, -0.2) is 25.6 Å². The van der Waals surface area contributed by atoms with Gasteiger partial charge in [-0.05, 0) is 28.1 Å². The number of nitrogens with one attached hydrogen (secondary N) is 1. The molecule has 1 amide bonds. The SMILES string of the molecule is Cn1ncc([N+](=O)[O-])c1C(=O)Nc1ccc(Br)cn1. The molecule has 2 rings (SSSR count). The first-order valence-corrected chi connectivity index (χ1v) is 5.87. The summed E-state index contributed by atoms with van der Waals surface area (Å²) in [5.41, 5.74) is -0.480. The predicted octanol–water partition coefficient (Wildman–Crippen LogP) is 1.74. The highest BCUT2D eigenvalue weighted by Crippen LogP contribution is 2.18. The van der Waals surface area contributed by atoms with E-state index in [2.05, 4.69) is 31.3 Å². The number of nitrogens with zero attached hydrogens (tertiary/aromatic N) is 4. The van der Waals surface area contributed by atoms with Gasteiger partial charge in [-0.15, -0.1) is 0 Å². The average Bonchev–Trinajstić information content (AvgIpc) is 2.74. The molecule has 0 aliphatic heterocycles. The van der Waals surface area contributed by atoms with E-state index in [1.54, 1.807) is 12.1 Å². The van der Waals surface area contributed by atoms with E-state index in [4.69, 9.17) is 0 Å². The number of halogens is 1. The topological polar surface area (TPSA) is 103 Å². The van der Waals surface area contributed by atoms with E-state index in [9.17, 15) is 14.9 Å². The summed E-state index contributed by atoms with van der Waals surface area (Å²) in [4.78, 5) is 26.1. The molecule has 0 spiro atoms. The zero-order valence-electron chi connectivity index (χ0n) is 9.70. The van der Waals surface area contributed by atoms with Crippen LogP contribution in [0.25, 0.3) is 0 Å². The maximum absolute atomic E-state index is 12.0. The molecule has 2 aromatic heterocycles. The number of hydrogen-bond donors (Lipinski definition) is 1. The molecular weight excluding hydrogens is 318 g/mol. The molecule has 2 aromatic rings. The minimum Gasteiger partial charge on any atom is -0.305 e. The van der Waals surface area contributed by atoms with Crippen molar-refractivity contribution in [1.82, 2.24) is 14.8 Å². The Morgan fingerprint density at radius 2 is 2.21 bits per heavy atom. The second kappa shape index (κ2) is 5.14. The molecule has 1 N–H and O–H groups in total. The van der Waals surface area contributed by atoms with Crippen LogP contribution in [0.4, 0.5) is 11.5 Å². The summed E-state index contributed by atoms with van der Waals surface area (Å²) in [5, 5.41) is 17.0. The van der Waals surface area contributed by atoms with Gasteiger partial charge in [-0.3, -0.25) is 19.6 Å². The van der Waals surface area contributed by atoms with Crippen LogP contribution in [0.1, 0.15) is 10.5 Å². The lowest BCUT2D eigenvalue weighted by Crippen LogP contribution is -2.18. The smallest absolute Gasteiger partial charge is 0.305 e. The monoisotopic (exact) mass is 325 g/mol. The molecule has 0 unspecified atom stereocenters. The van der Waals surface area contributed by atoms with Gasteiger partial charge in [0, 0.05) is 17.7 Å². The number of nitro groups is 1. The molecule has 0 bridgehead atoms. The Kier molecular flexibility index (Phi) is 3.56. The van der Waals surface area contributed by atoms with E-state index in [-0.39, 0.29) is 11.4 Å². The van der Waals surface area contributed by atoms with Crippen LogP contribution < -0.4 is 5.32 Å². The van der Waals surface area contributed by atoms with E-state index >= 15 is 0 Å². The Bertz CT molecular complexity index is 637. The lowest BCUT2D eigenvalue weighted by molar-refractivity contribution is -0.385. The fraction of sp³-hybridized carbons (Fsp3) is 0.100. The summed E-state index contributed by atoms with van der Waals surface area (Å²) >= 11 is 3.21. The van der Waals surface area contributed by atoms with Crippen molar-refractivity contribution < 1.29 is 9.72 Å². The van der Waals surface area contributed by atoms with Crippen LogP contribution in [0.5, 0.6) is 0 Å². The number of aryl methyl sites for hydroxylation is 1. The minimum atomic E-state index is -0.656. The van der Waals surface area contributed by atoms with E-state index < -0.39 is 10.8 Å². The van der Waals surface area contributed by atoms with Crippen molar-refractivity contribution in [3.05, 3.63) is 44.8 Å². The van der Waals surface area contributed by atoms with Gasteiger partial charge in [0.05, 0.1) is 4.92 Å². The van der Waals surface area contributed by atoms with Crippen LogP contribution in [0.2, 0.25) is 0 Å². The van der Waals surface area contributed by atoms with E-state index in [0.717, 1.165) is 15.4 Å². The van der Waals surface area contributed by atoms with Crippen LogP contribution >= 0.6 is 15.9 Å². The number of carbonyl (C=O) groups excluding carboxylic acids is 1. The Balaban J connectivity index is 2.27. The van der Waals surface area contributed by atoms with Gasteiger partial charge in [-0.25, -0.2) is 4.98 Å². The van der Waals surface area contributed by atoms with Crippen molar-refractivity contribution in [2.75, 3.05) is 5.32 Å². The fourth-order valence-electron chi connectivity index (χ4n) is 1.45. The molecule has 9 heteroatoms. The van der Waals surface area contributed by atoms with Gasteiger partial charge < -0.3 is 5.32 Å². The highest BCUT2D eigenvalue weighted by atomic mass is 79.9. The number of aromatic nitrogens is 3. The van der Waals surface area contributed by atoms with E-state index in [1.165, 1.54) is 13.2 Å². The second-order valence-corrected chi connectivity index (χ2v) is 4.49. The Morgan fingerprint density at radius 3 is 2.79 bits per heavy atom. The van der Waals surface area contributed by atoms with Crippen molar-refractivity contribution in [3.8, 4) is 0 Å². The number of amides is 1. The molecule has 0 saturated heterocycles. The number of carbonyl (C=O) groups is 1. The molecule has 19 heavy (non-hydrogen) atoms. The first-order chi connectivity index (χ1) is 8.99. The van der Waals surface area contributed by atoms with Crippen LogP contribution in [0.3, 0.4) is 0 Å². The molecule has 0 atom stereocenters. The summed E-state index contributed by atoms with van der Waals surface area (Å²) in [5.74, 6) is -0.342. The Morgan fingerprint density at radius 1 is 1.47 bits per heavy atom. The molecular formula is C10H8BrN5O3. The molecule has 98 valence electrons. The highest BCUT2D eigenvalue weighted by Gasteiger charge is 2.25. The lowest BCUT2D eigenvalue weighted by atomic mass is 10.3. The lowest BCUT2D eigenvalue weighted by Gasteiger charge is -2.04. The molecule has 0 aromatic carbocycles. The number of anilines is 1. The average molecular weight is 326 g/mol. The van der Waals surface area contributed by atoms with Gasteiger partial charge in [0.2, 0.25) is 5.69 Å². The molecule has 8 nitrogen and oxygen atoms in total. The van der Waals surface area contributed by atoms with Crippen LogP contribution in [0.15, 0.2) is 29.0 Å². The zero-order chi connectivity index (χ0) is 14.0. The van der Waals surface area contributed by atoms with Crippen LogP contribution in [-0.2, 0) is 7.05 Å². The van der Waals surface area contributed by atoms with Gasteiger partial charge in [-0.1, -0.05) is 0 Å². The molecule has 0 aliphatic rings. The number of hydrogen-bond acceptors (Lipinski definition) is 5. The summed E-state index contributed by atoms with van der Waals surface area (Å²) in [6, 6.07) is 3.27. The van der Waals surface area contributed by atoms with Crippen molar-refractivity contribution in [1.29, 1.82) is 0 Å². The largest absolute Gasteiger partial charge is 0.320 e. The standard InChI is InChI=1S/C10H8BrN5O3/c1-15-9(7(5-13-15)16(18)19)10(17)14-8-3-2-6(11)4-12-8/h2-5H,1H3,(H,12,14,17). The molecule has 2 heterocycles. The zero-order valence-corrected chi connectivity index (χ0v) is 11.3. The van der Waals surface area contributed by atoms with Crippen molar-refractivity contribution >= 4 is 33.3 Å². The van der Waals surface area contributed by atoms with Gasteiger partial charge in [-0.2, -0.15) is 5.10 Å². The Hall–Kier alpha value is -2.29. The minimum absolute atomic E-state index is 0.130. The summed E-state index contributed by atoms with van der Waals surface area (Å²) in [7, 11) is 1.46. The van der Waals surface area contributed by atoms with Gasteiger partial charge in [0.1, 0.15) is 12.0 Å². The molecule has 0 aliphatic carbocycles. The van der Waals surface area contributed by atoms with Gasteiger partial charge in [0.25, 0.3) is 5.91 Å². The third-order valence-corrected chi connectivity index (χ3v) is 2.77. The van der Waals surface area contributed by atoms with Crippen molar-refractivity contribution in [2.24, 2.45) is 7.05 Å². The number of rotatable bonds is 3. The summed E-state index contributed by atoms with van der Waals surface area (Å²) < 4.78 is 1.91. The quantitative estimate of drug-likeness (QED) is 0.683. The first-order valence-electron chi connectivity index (χ1n) is 5.08. The van der Waals surface area contributed by atoms with Gasteiger partial charge in [0.15, 0.2) is 0 Å². The molecule has 0 fully saturated rings. The molecule has 0 saturated carbocycles. The Labute approximate surface area is 115 Å². The number of pyridine rings is 1. The maximum Gasteiger partial charge on any atom is 0.320 e. The third kappa shape index (κ3) is 2.76. The predicted molar refractivity (Wildman–Crippen MR) is 69.8 cm³/mol. The maximum atomic E-state index is 12.0. The molecule has 0 radical (unpaired) electrons. The summed E-state index contributed by atoms with van der Waals surface area (Å²) in [6.45, 7) is 0. The highest BCUT2D eigenvalue weighted by molar-refractivity contribution is 9.10. The van der Waals surface area contributed by atoms with Crippen LogP contribution in [0, 0.1) is 10.1 Å². The van der Waals surface area contributed by atoms with Crippen molar-refractivity contribution in [2.45, 2.75) is 0 Å². The van der Waals surface area contributed by atoms with Crippen molar-refractivity contribution in [3.63, 3.8) is 0 Å². The van der Waals surface area contributed by atoms with E-state index in [0.29, 0.717) is 5.82 Å². The summed E-state index contributed by atoms with van der Waals surface area (Å²) in [6.07, 6.45) is 2.54. The first kappa shape index (κ1) is 13.1. The third-order valence-electron chi connectivity index (χ3n) is 2.30. The fourth-order valence-corrected chi connectivity index (χ4v) is 1.68.